The van der Waals surface area contributed by atoms with Crippen LogP contribution in [0.15, 0.2) is 39.8 Å². The second-order valence-electron chi connectivity index (χ2n) is 7.69. The van der Waals surface area contributed by atoms with E-state index >= 15 is 0 Å². The first kappa shape index (κ1) is 21.1. The van der Waals surface area contributed by atoms with Crippen molar-refractivity contribution in [3.63, 3.8) is 0 Å². The Bertz CT molecular complexity index is 862. The van der Waals surface area contributed by atoms with E-state index < -0.39 is 6.10 Å². The summed E-state index contributed by atoms with van der Waals surface area (Å²) in [6, 6.07) is 5.63. The smallest absolute Gasteiger partial charge is 0.206 e. The molecule has 3 rings (SSSR count). The molecule has 0 saturated carbocycles. The first-order valence-corrected chi connectivity index (χ1v) is 10.1. The van der Waals surface area contributed by atoms with Crippen LogP contribution in [0.4, 0.5) is 11.4 Å². The molecule has 0 fully saturated rings. The molecule has 6 N–H and O–H groups in total. The Kier molecular flexibility index (Phi) is 6.09. The summed E-state index contributed by atoms with van der Waals surface area (Å²) in [5.74, 6) is 1.96. The highest BCUT2D eigenvalue weighted by atomic mass is 35.5. The third kappa shape index (κ3) is 4.51. The standard InChI is InChI=1S/C19H29ClN8O/c1-10(2)27-18(23-13-6-7-14(20)15(21)8-13)16-17(26-28(25-16)11(3)4)24-19(27)22-9-12(5)29/h6-8,10-12,23,25,29H,9,21H2,1-5H3,(H,22,24,26). The average Bonchev–Trinajstić information content (AvgIpc) is 3.07. The number of nitrogens with two attached hydrogens (primary N) is 1. The molecule has 9 nitrogen and oxygen atoms in total. The second-order valence-corrected chi connectivity index (χ2v) is 8.09. The SMILES string of the molecule is CC(O)CNC1=NC2=NN(C(C)C)NC2=C(Nc2ccc(Cl)c(N)c2)N1C(C)C. The van der Waals surface area contributed by atoms with Gasteiger partial charge in [0.2, 0.25) is 11.8 Å². The molecular weight excluding hydrogens is 392 g/mol. The van der Waals surface area contributed by atoms with E-state index in [1.165, 1.54) is 0 Å². The monoisotopic (exact) mass is 420 g/mol. The summed E-state index contributed by atoms with van der Waals surface area (Å²) in [6.45, 7) is 10.3. The van der Waals surface area contributed by atoms with Crippen LogP contribution in [0.5, 0.6) is 0 Å². The third-order valence-electron chi connectivity index (χ3n) is 4.39. The number of fused-ring (bicyclic) bond motifs is 1. The number of hydrogen-bond acceptors (Lipinski definition) is 9. The molecule has 1 aromatic rings. The van der Waals surface area contributed by atoms with Crippen molar-refractivity contribution in [2.75, 3.05) is 17.6 Å². The minimum Gasteiger partial charge on any atom is -0.397 e. The van der Waals surface area contributed by atoms with Gasteiger partial charge in [-0.15, -0.1) is 5.10 Å². The third-order valence-corrected chi connectivity index (χ3v) is 4.73. The lowest BCUT2D eigenvalue weighted by atomic mass is 10.2. The fourth-order valence-electron chi connectivity index (χ4n) is 2.95. The number of guanidine groups is 1. The molecule has 0 amide bonds. The second kappa shape index (κ2) is 8.38. The van der Waals surface area contributed by atoms with Gasteiger partial charge >= 0.3 is 0 Å². The molecule has 1 unspecified atom stereocenters. The summed E-state index contributed by atoms with van der Waals surface area (Å²) in [5.41, 5.74) is 11.4. The number of nitrogens with zero attached hydrogens (tertiary/aromatic N) is 4. The number of nitrogen functional groups attached to an aromatic ring is 1. The van der Waals surface area contributed by atoms with Gasteiger partial charge in [-0.1, -0.05) is 11.6 Å². The maximum atomic E-state index is 9.73. The molecule has 10 heteroatoms. The Morgan fingerprint density at radius 1 is 1.21 bits per heavy atom. The van der Waals surface area contributed by atoms with Crippen molar-refractivity contribution in [1.29, 1.82) is 0 Å². The number of amidine groups is 1. The highest BCUT2D eigenvalue weighted by molar-refractivity contribution is 6.33. The number of aliphatic imine (C=N–C) groups is 1. The van der Waals surface area contributed by atoms with Crippen LogP contribution >= 0.6 is 11.6 Å². The van der Waals surface area contributed by atoms with Crippen molar-refractivity contribution in [2.45, 2.75) is 52.8 Å². The van der Waals surface area contributed by atoms with Crippen molar-refractivity contribution >= 4 is 34.8 Å². The molecule has 0 spiro atoms. The van der Waals surface area contributed by atoms with E-state index in [0.717, 1.165) is 17.2 Å². The van der Waals surface area contributed by atoms with Crippen molar-refractivity contribution in [3.05, 3.63) is 34.7 Å². The number of hydrazine groups is 1. The van der Waals surface area contributed by atoms with E-state index in [1.807, 2.05) is 24.8 Å². The molecule has 0 radical (unpaired) electrons. The molecule has 0 saturated heterocycles. The average molecular weight is 421 g/mol. The normalized spacial score (nSPS) is 17.3. The number of aliphatic hydroxyl groups excluding tert-OH is 1. The minimum absolute atomic E-state index is 0.0753. The molecule has 2 aliphatic heterocycles. The summed E-state index contributed by atoms with van der Waals surface area (Å²) in [5, 5.41) is 23.2. The first-order chi connectivity index (χ1) is 13.7. The molecule has 29 heavy (non-hydrogen) atoms. The zero-order valence-electron chi connectivity index (χ0n) is 17.4. The van der Waals surface area contributed by atoms with E-state index in [1.54, 1.807) is 24.2 Å². The molecule has 0 aliphatic carbocycles. The maximum absolute atomic E-state index is 9.73. The van der Waals surface area contributed by atoms with Gasteiger partial charge in [0, 0.05) is 18.3 Å². The van der Waals surface area contributed by atoms with Gasteiger partial charge in [0.25, 0.3) is 0 Å². The molecular formula is C19H29ClN8O. The number of benzene rings is 1. The van der Waals surface area contributed by atoms with Gasteiger partial charge in [0.15, 0.2) is 0 Å². The van der Waals surface area contributed by atoms with E-state index in [9.17, 15) is 5.11 Å². The number of hydrazone groups is 1. The van der Waals surface area contributed by atoms with E-state index in [-0.39, 0.29) is 12.1 Å². The summed E-state index contributed by atoms with van der Waals surface area (Å²) in [4.78, 5) is 6.72. The van der Waals surface area contributed by atoms with Crippen LogP contribution in [0.3, 0.4) is 0 Å². The van der Waals surface area contributed by atoms with Crippen LogP contribution in [-0.4, -0.2) is 51.7 Å². The number of nitrogens with one attached hydrogen (secondary N) is 3. The first-order valence-electron chi connectivity index (χ1n) is 9.68. The van der Waals surface area contributed by atoms with Gasteiger partial charge in [0.1, 0.15) is 11.5 Å². The van der Waals surface area contributed by atoms with E-state index in [0.29, 0.717) is 29.0 Å². The van der Waals surface area contributed by atoms with Crippen LogP contribution in [0, 0.1) is 0 Å². The Balaban J connectivity index is 2.03. The van der Waals surface area contributed by atoms with Crippen molar-refractivity contribution < 1.29 is 5.11 Å². The van der Waals surface area contributed by atoms with Gasteiger partial charge in [-0.2, -0.15) is 4.99 Å². The number of rotatable bonds is 6. The number of halogens is 1. The van der Waals surface area contributed by atoms with Crippen LogP contribution in [0.25, 0.3) is 0 Å². The van der Waals surface area contributed by atoms with E-state index in [2.05, 4.69) is 35.0 Å². The quantitative estimate of drug-likeness (QED) is 0.448. The topological polar surface area (TPSA) is 114 Å². The van der Waals surface area contributed by atoms with Gasteiger partial charge in [0.05, 0.1) is 22.9 Å². The Hall–Kier alpha value is -2.65. The van der Waals surface area contributed by atoms with Gasteiger partial charge < -0.3 is 21.5 Å². The summed E-state index contributed by atoms with van der Waals surface area (Å²) in [6.07, 6.45) is -0.514. The zero-order chi connectivity index (χ0) is 21.3. The number of anilines is 2. The van der Waals surface area contributed by atoms with Crippen LogP contribution in [0.1, 0.15) is 34.6 Å². The summed E-state index contributed by atoms with van der Waals surface area (Å²) >= 11 is 6.07. The Labute approximate surface area is 176 Å². The lowest BCUT2D eigenvalue weighted by Gasteiger charge is -2.36. The maximum Gasteiger partial charge on any atom is 0.206 e. The lowest BCUT2D eigenvalue weighted by molar-refractivity contribution is 0.189. The van der Waals surface area contributed by atoms with Crippen LogP contribution in [0.2, 0.25) is 5.02 Å². The van der Waals surface area contributed by atoms with E-state index in [4.69, 9.17) is 22.3 Å². The predicted molar refractivity (Wildman–Crippen MR) is 118 cm³/mol. The Morgan fingerprint density at radius 3 is 2.52 bits per heavy atom. The number of aliphatic hydroxyl groups is 1. The fraction of sp³-hybridized carbons (Fsp3) is 0.474. The minimum atomic E-state index is -0.514. The molecule has 0 bridgehead atoms. The number of hydrogen-bond donors (Lipinski definition) is 5. The highest BCUT2D eigenvalue weighted by Crippen LogP contribution is 2.28. The summed E-state index contributed by atoms with van der Waals surface area (Å²) < 4.78 is 0. The van der Waals surface area contributed by atoms with Crippen LogP contribution in [-0.2, 0) is 0 Å². The largest absolute Gasteiger partial charge is 0.397 e. The lowest BCUT2D eigenvalue weighted by Crippen LogP contribution is -2.51. The van der Waals surface area contributed by atoms with Crippen molar-refractivity contribution in [1.82, 2.24) is 20.8 Å². The van der Waals surface area contributed by atoms with Crippen molar-refractivity contribution in [3.8, 4) is 0 Å². The van der Waals surface area contributed by atoms with Crippen LogP contribution < -0.4 is 21.8 Å². The van der Waals surface area contributed by atoms with Gasteiger partial charge in [-0.25, -0.2) is 5.12 Å². The highest BCUT2D eigenvalue weighted by Gasteiger charge is 2.35. The molecule has 2 aliphatic rings. The molecule has 158 valence electrons. The molecule has 1 aromatic carbocycles. The fourth-order valence-corrected chi connectivity index (χ4v) is 3.07. The van der Waals surface area contributed by atoms with Gasteiger partial charge in [-0.3, -0.25) is 10.3 Å². The predicted octanol–water partition coefficient (Wildman–Crippen LogP) is 2.10. The molecule has 0 aromatic heterocycles. The summed E-state index contributed by atoms with van der Waals surface area (Å²) in [7, 11) is 0. The van der Waals surface area contributed by atoms with Gasteiger partial charge in [-0.05, 0) is 52.8 Å². The molecule has 2 heterocycles. The Morgan fingerprint density at radius 2 is 1.93 bits per heavy atom. The molecule has 1 atom stereocenters. The zero-order valence-corrected chi connectivity index (χ0v) is 18.1. The van der Waals surface area contributed by atoms with Crippen molar-refractivity contribution in [2.24, 2.45) is 10.1 Å².